The lowest BCUT2D eigenvalue weighted by molar-refractivity contribution is -0.114. The highest BCUT2D eigenvalue weighted by Crippen LogP contribution is 2.26. The van der Waals surface area contributed by atoms with E-state index in [-0.39, 0.29) is 10.8 Å². The minimum Gasteiger partial charge on any atom is -0.497 e. The molecule has 1 aliphatic rings. The van der Waals surface area contributed by atoms with Crippen LogP contribution in [0.15, 0.2) is 58.8 Å². The van der Waals surface area contributed by atoms with Crippen LogP contribution in [0.2, 0.25) is 0 Å². The van der Waals surface area contributed by atoms with E-state index in [1.807, 2.05) is 29.6 Å². The van der Waals surface area contributed by atoms with E-state index < -0.39 is 10.0 Å². The molecule has 10 heteroatoms. The molecule has 1 aliphatic heterocycles. The van der Waals surface area contributed by atoms with Gasteiger partial charge in [-0.25, -0.2) is 13.4 Å². The van der Waals surface area contributed by atoms with Crippen molar-refractivity contribution in [2.75, 3.05) is 38.6 Å². The number of anilines is 1. The molecule has 2 aromatic carbocycles. The van der Waals surface area contributed by atoms with E-state index in [1.165, 1.54) is 23.4 Å². The van der Waals surface area contributed by atoms with Gasteiger partial charge >= 0.3 is 0 Å². The summed E-state index contributed by atoms with van der Waals surface area (Å²) in [6, 6.07) is 14.1. The molecular formula is C23H26N4O4S2. The van der Waals surface area contributed by atoms with E-state index >= 15 is 0 Å². The summed E-state index contributed by atoms with van der Waals surface area (Å²) >= 11 is 1.60. The van der Waals surface area contributed by atoms with Gasteiger partial charge in [-0.05, 0) is 36.4 Å². The number of sulfonamides is 1. The molecule has 0 bridgehead atoms. The lowest BCUT2D eigenvalue weighted by Gasteiger charge is -2.33. The molecule has 174 valence electrons. The van der Waals surface area contributed by atoms with E-state index in [0.29, 0.717) is 38.4 Å². The molecule has 1 fully saturated rings. The molecule has 1 saturated heterocycles. The van der Waals surface area contributed by atoms with Gasteiger partial charge in [0, 0.05) is 49.7 Å². The number of piperazine rings is 1. The second kappa shape index (κ2) is 10.0. The first kappa shape index (κ1) is 23.4. The number of hydrogen-bond donors (Lipinski definition) is 1. The number of amides is 1. The summed E-state index contributed by atoms with van der Waals surface area (Å²) in [5.74, 6) is 0.599. The Morgan fingerprint density at radius 1 is 1.12 bits per heavy atom. The fourth-order valence-corrected chi connectivity index (χ4v) is 5.95. The van der Waals surface area contributed by atoms with Crippen molar-refractivity contribution in [3.05, 3.63) is 58.9 Å². The van der Waals surface area contributed by atoms with Crippen LogP contribution in [-0.2, 0) is 21.4 Å². The van der Waals surface area contributed by atoms with Gasteiger partial charge in [0.15, 0.2) is 0 Å². The summed E-state index contributed by atoms with van der Waals surface area (Å²) in [5.41, 5.74) is 2.50. The molecule has 1 amide bonds. The number of nitrogens with one attached hydrogen (secondary N) is 1. The molecule has 0 aliphatic carbocycles. The standard InChI is InChI=1S/C23H26N4O4S2/c1-17(28)24-19-6-8-21(9-7-19)33(29,30)27-12-10-26(11-13-27)15-23-25-22(16-32-23)18-4-3-5-20(14-18)31-2/h3-9,14,16H,10-13,15H2,1-2H3,(H,24,28). The van der Waals surface area contributed by atoms with Crippen LogP contribution in [0.25, 0.3) is 11.3 Å². The molecule has 3 aromatic rings. The van der Waals surface area contributed by atoms with Gasteiger partial charge in [0.05, 0.1) is 24.2 Å². The van der Waals surface area contributed by atoms with E-state index in [0.717, 1.165) is 22.0 Å². The number of nitrogens with zero attached hydrogens (tertiary/aromatic N) is 3. The van der Waals surface area contributed by atoms with Gasteiger partial charge in [-0.15, -0.1) is 11.3 Å². The molecule has 0 atom stereocenters. The molecule has 0 spiro atoms. The van der Waals surface area contributed by atoms with E-state index in [1.54, 1.807) is 30.6 Å². The third-order valence-corrected chi connectivity index (χ3v) is 8.17. The van der Waals surface area contributed by atoms with E-state index in [2.05, 4.69) is 10.2 Å². The van der Waals surface area contributed by atoms with Crippen LogP contribution in [0.5, 0.6) is 5.75 Å². The van der Waals surface area contributed by atoms with Crippen LogP contribution >= 0.6 is 11.3 Å². The summed E-state index contributed by atoms with van der Waals surface area (Å²) in [6.07, 6.45) is 0. The number of thiazole rings is 1. The summed E-state index contributed by atoms with van der Waals surface area (Å²) in [4.78, 5) is 18.4. The normalized spacial score (nSPS) is 15.3. The second-order valence-electron chi connectivity index (χ2n) is 7.74. The third-order valence-electron chi connectivity index (χ3n) is 5.42. The molecule has 0 unspecified atom stereocenters. The average molecular weight is 487 g/mol. The van der Waals surface area contributed by atoms with Crippen molar-refractivity contribution in [2.24, 2.45) is 0 Å². The van der Waals surface area contributed by atoms with Gasteiger partial charge in [-0.2, -0.15) is 4.31 Å². The maximum absolute atomic E-state index is 13.0. The van der Waals surface area contributed by atoms with Crippen LogP contribution in [0, 0.1) is 0 Å². The largest absolute Gasteiger partial charge is 0.497 e. The quantitative estimate of drug-likeness (QED) is 0.551. The Balaban J connectivity index is 1.35. The topological polar surface area (TPSA) is 91.8 Å². The van der Waals surface area contributed by atoms with Gasteiger partial charge in [0.25, 0.3) is 0 Å². The van der Waals surface area contributed by atoms with Gasteiger partial charge in [-0.3, -0.25) is 9.69 Å². The molecule has 33 heavy (non-hydrogen) atoms. The van der Waals surface area contributed by atoms with E-state index in [4.69, 9.17) is 9.72 Å². The average Bonchev–Trinajstić information content (AvgIpc) is 3.28. The third kappa shape index (κ3) is 5.59. The molecule has 4 rings (SSSR count). The zero-order valence-electron chi connectivity index (χ0n) is 18.5. The van der Waals surface area contributed by atoms with Crippen LogP contribution in [0.3, 0.4) is 0 Å². The molecule has 1 aromatic heterocycles. The Bertz CT molecular complexity index is 1220. The fraction of sp³-hybridized carbons (Fsp3) is 0.304. The minimum atomic E-state index is -3.57. The van der Waals surface area contributed by atoms with Gasteiger partial charge < -0.3 is 10.1 Å². The summed E-state index contributed by atoms with van der Waals surface area (Å²) in [6.45, 7) is 4.21. The second-order valence-corrected chi connectivity index (χ2v) is 10.6. The highest BCUT2D eigenvalue weighted by molar-refractivity contribution is 7.89. The van der Waals surface area contributed by atoms with Crippen LogP contribution in [0.1, 0.15) is 11.9 Å². The first-order valence-electron chi connectivity index (χ1n) is 10.5. The van der Waals surface area contributed by atoms with Crippen LogP contribution < -0.4 is 10.1 Å². The Kier molecular flexibility index (Phi) is 7.08. The van der Waals surface area contributed by atoms with Crippen LogP contribution in [0.4, 0.5) is 5.69 Å². The molecule has 0 radical (unpaired) electrons. The van der Waals surface area contributed by atoms with Gasteiger partial charge in [-0.1, -0.05) is 12.1 Å². The van der Waals surface area contributed by atoms with Gasteiger partial charge in [0.2, 0.25) is 15.9 Å². The lowest BCUT2D eigenvalue weighted by Crippen LogP contribution is -2.48. The summed E-state index contributed by atoms with van der Waals surface area (Å²) in [7, 11) is -1.93. The predicted octanol–water partition coefficient (Wildman–Crippen LogP) is 3.28. The smallest absolute Gasteiger partial charge is 0.243 e. The van der Waals surface area contributed by atoms with E-state index in [9.17, 15) is 13.2 Å². The first-order valence-corrected chi connectivity index (χ1v) is 12.9. The Labute approximate surface area is 197 Å². The van der Waals surface area contributed by atoms with Crippen molar-refractivity contribution in [3.63, 3.8) is 0 Å². The zero-order chi connectivity index (χ0) is 23.4. The number of carbonyl (C=O) groups is 1. The van der Waals surface area contributed by atoms with Crippen LogP contribution in [-0.4, -0.2) is 61.8 Å². The fourth-order valence-electron chi connectivity index (χ4n) is 3.68. The first-order chi connectivity index (χ1) is 15.8. The Morgan fingerprint density at radius 3 is 2.52 bits per heavy atom. The zero-order valence-corrected chi connectivity index (χ0v) is 20.2. The van der Waals surface area contributed by atoms with Crippen molar-refractivity contribution in [1.29, 1.82) is 0 Å². The van der Waals surface area contributed by atoms with Crippen molar-refractivity contribution >= 4 is 33.0 Å². The highest BCUT2D eigenvalue weighted by atomic mass is 32.2. The van der Waals surface area contributed by atoms with Crippen molar-refractivity contribution in [2.45, 2.75) is 18.4 Å². The lowest BCUT2D eigenvalue weighted by atomic mass is 10.2. The number of hydrogen-bond acceptors (Lipinski definition) is 7. The summed E-state index contributed by atoms with van der Waals surface area (Å²) in [5, 5.41) is 5.68. The number of rotatable bonds is 7. The Morgan fingerprint density at radius 2 is 1.85 bits per heavy atom. The molecule has 0 saturated carbocycles. The number of carbonyl (C=O) groups excluding carboxylic acids is 1. The molecule has 8 nitrogen and oxygen atoms in total. The van der Waals surface area contributed by atoms with Gasteiger partial charge in [0.1, 0.15) is 10.8 Å². The molecule has 2 heterocycles. The SMILES string of the molecule is COc1cccc(-c2csc(CN3CCN(S(=O)(=O)c4ccc(NC(C)=O)cc4)CC3)n2)c1. The number of methoxy groups -OCH3 is 1. The number of ether oxygens (including phenoxy) is 1. The Hall–Kier alpha value is -2.79. The maximum atomic E-state index is 13.0. The van der Waals surface area contributed by atoms with Crippen molar-refractivity contribution in [3.8, 4) is 17.0 Å². The number of aromatic nitrogens is 1. The highest BCUT2D eigenvalue weighted by Gasteiger charge is 2.28. The molecule has 1 N–H and O–H groups in total. The van der Waals surface area contributed by atoms with Crippen molar-refractivity contribution in [1.82, 2.24) is 14.2 Å². The maximum Gasteiger partial charge on any atom is 0.243 e. The predicted molar refractivity (Wildman–Crippen MR) is 129 cm³/mol. The van der Waals surface area contributed by atoms with Crippen molar-refractivity contribution < 1.29 is 17.9 Å². The summed E-state index contributed by atoms with van der Waals surface area (Å²) < 4.78 is 32.8. The molecular weight excluding hydrogens is 460 g/mol. The minimum absolute atomic E-state index is 0.197. The monoisotopic (exact) mass is 486 g/mol. The number of benzene rings is 2.